The summed E-state index contributed by atoms with van der Waals surface area (Å²) < 4.78 is 12.9. The van der Waals surface area contributed by atoms with Crippen molar-refractivity contribution in [2.24, 2.45) is 4.99 Å². The zero-order valence-electron chi connectivity index (χ0n) is 16.2. The van der Waals surface area contributed by atoms with Crippen molar-refractivity contribution >= 4 is 17.7 Å². The summed E-state index contributed by atoms with van der Waals surface area (Å²) in [6.07, 6.45) is 1.03. The molecule has 1 heterocycles. The van der Waals surface area contributed by atoms with Gasteiger partial charge in [-0.1, -0.05) is 0 Å². The molecule has 26 heavy (non-hydrogen) atoms. The summed E-state index contributed by atoms with van der Waals surface area (Å²) in [7, 11) is 4.35. The summed E-state index contributed by atoms with van der Waals surface area (Å²) >= 11 is 1.75. The van der Waals surface area contributed by atoms with E-state index in [0.717, 1.165) is 62.3 Å². The van der Waals surface area contributed by atoms with Crippen molar-refractivity contribution in [2.45, 2.75) is 24.3 Å². The highest BCUT2D eigenvalue weighted by Gasteiger charge is 2.21. The predicted octanol–water partition coefficient (Wildman–Crippen LogP) is 2.11. The molecular formula is C19H32FN5S. The number of nitrogens with zero attached hydrogens (tertiary/aromatic N) is 3. The molecule has 0 amide bonds. The second-order valence-corrected chi connectivity index (χ2v) is 7.87. The van der Waals surface area contributed by atoms with Crippen molar-refractivity contribution in [3.8, 4) is 0 Å². The van der Waals surface area contributed by atoms with E-state index in [-0.39, 0.29) is 5.82 Å². The molecule has 0 spiro atoms. The van der Waals surface area contributed by atoms with E-state index in [1.54, 1.807) is 11.8 Å². The molecule has 0 radical (unpaired) electrons. The highest BCUT2D eigenvalue weighted by atomic mass is 32.2. The Morgan fingerprint density at radius 1 is 1.23 bits per heavy atom. The van der Waals surface area contributed by atoms with Gasteiger partial charge in [0.05, 0.1) is 6.54 Å². The van der Waals surface area contributed by atoms with Crippen molar-refractivity contribution in [3.05, 3.63) is 30.1 Å². The van der Waals surface area contributed by atoms with Gasteiger partial charge in [0.2, 0.25) is 0 Å². The molecule has 0 bridgehead atoms. The third kappa shape index (κ3) is 7.51. The Labute approximate surface area is 161 Å². The Hall–Kier alpha value is -1.31. The fourth-order valence-electron chi connectivity index (χ4n) is 2.84. The molecule has 2 rings (SSSR count). The zero-order chi connectivity index (χ0) is 18.8. The monoisotopic (exact) mass is 381 g/mol. The van der Waals surface area contributed by atoms with Gasteiger partial charge in [-0.2, -0.15) is 0 Å². The number of hydrogen-bond donors (Lipinski definition) is 2. The normalized spacial score (nSPS) is 19.5. The second-order valence-electron chi connectivity index (χ2n) is 6.70. The fraction of sp³-hybridized carbons (Fsp3) is 0.632. The average Bonchev–Trinajstić information content (AvgIpc) is 2.63. The number of rotatable bonds is 8. The van der Waals surface area contributed by atoms with Crippen LogP contribution in [0.25, 0.3) is 0 Å². The molecule has 1 aliphatic heterocycles. The first-order valence-electron chi connectivity index (χ1n) is 9.38. The molecule has 1 saturated heterocycles. The average molecular weight is 382 g/mol. The molecule has 1 fully saturated rings. The standard InChI is InChI=1S/C19H32FN5S/c1-4-21-19(23-14-17-15-24(2)11-12-25(17)3)22-10-5-13-26-18-8-6-16(20)7-9-18/h6-9,17H,4-5,10-15H2,1-3H3,(H2,21,22,23). The Kier molecular flexibility index (Phi) is 9.22. The Balaban J connectivity index is 1.70. The van der Waals surface area contributed by atoms with Crippen LogP contribution >= 0.6 is 11.8 Å². The number of aliphatic imine (C=N–C) groups is 1. The zero-order valence-corrected chi connectivity index (χ0v) is 17.0. The minimum atomic E-state index is -0.183. The van der Waals surface area contributed by atoms with Crippen molar-refractivity contribution in [3.63, 3.8) is 0 Å². The van der Waals surface area contributed by atoms with Crippen molar-refractivity contribution in [1.82, 2.24) is 20.4 Å². The molecule has 1 aliphatic rings. The number of halogens is 1. The third-order valence-electron chi connectivity index (χ3n) is 4.48. The van der Waals surface area contributed by atoms with Gasteiger partial charge in [-0.15, -0.1) is 11.8 Å². The van der Waals surface area contributed by atoms with Gasteiger partial charge in [0.25, 0.3) is 0 Å². The van der Waals surface area contributed by atoms with E-state index >= 15 is 0 Å². The van der Waals surface area contributed by atoms with Gasteiger partial charge < -0.3 is 15.5 Å². The van der Waals surface area contributed by atoms with Gasteiger partial charge in [0.15, 0.2) is 5.96 Å². The number of benzene rings is 1. The van der Waals surface area contributed by atoms with Crippen molar-refractivity contribution in [1.29, 1.82) is 0 Å². The maximum Gasteiger partial charge on any atom is 0.191 e. The fourth-order valence-corrected chi connectivity index (χ4v) is 3.69. The number of guanidine groups is 1. The van der Waals surface area contributed by atoms with Gasteiger partial charge in [-0.3, -0.25) is 9.89 Å². The van der Waals surface area contributed by atoms with Crippen molar-refractivity contribution in [2.75, 3.05) is 59.1 Å². The quantitative estimate of drug-likeness (QED) is 0.312. The smallest absolute Gasteiger partial charge is 0.191 e. The predicted molar refractivity (Wildman–Crippen MR) is 110 cm³/mol. The minimum absolute atomic E-state index is 0.183. The van der Waals surface area contributed by atoms with Crippen LogP contribution in [0.3, 0.4) is 0 Å². The lowest BCUT2D eigenvalue weighted by molar-refractivity contribution is 0.119. The molecule has 0 aliphatic carbocycles. The first-order valence-corrected chi connectivity index (χ1v) is 10.4. The largest absolute Gasteiger partial charge is 0.357 e. The lowest BCUT2D eigenvalue weighted by Gasteiger charge is -2.36. The molecule has 1 atom stereocenters. The van der Waals surface area contributed by atoms with E-state index in [9.17, 15) is 4.39 Å². The molecule has 1 unspecified atom stereocenters. The summed E-state index contributed by atoms with van der Waals surface area (Å²) in [5, 5.41) is 6.74. The van der Waals surface area contributed by atoms with E-state index in [0.29, 0.717) is 6.04 Å². The third-order valence-corrected chi connectivity index (χ3v) is 5.58. The second kappa shape index (κ2) is 11.4. The highest BCUT2D eigenvalue weighted by molar-refractivity contribution is 7.99. The van der Waals surface area contributed by atoms with Crippen LogP contribution in [0.15, 0.2) is 34.2 Å². The van der Waals surface area contributed by atoms with Crippen LogP contribution in [-0.4, -0.2) is 80.9 Å². The van der Waals surface area contributed by atoms with Crippen LogP contribution in [-0.2, 0) is 0 Å². The molecule has 1 aromatic carbocycles. The van der Waals surface area contributed by atoms with Crippen LogP contribution in [0.1, 0.15) is 13.3 Å². The summed E-state index contributed by atoms with van der Waals surface area (Å²) in [5.74, 6) is 1.70. The number of thioether (sulfide) groups is 1. The molecule has 146 valence electrons. The Morgan fingerprint density at radius 3 is 2.73 bits per heavy atom. The van der Waals surface area contributed by atoms with Gasteiger partial charge in [-0.05, 0) is 57.5 Å². The van der Waals surface area contributed by atoms with E-state index in [1.165, 1.54) is 12.1 Å². The number of likely N-dealkylation sites (N-methyl/N-ethyl adjacent to an activating group) is 2. The first-order chi connectivity index (χ1) is 12.6. The number of nitrogens with one attached hydrogen (secondary N) is 2. The van der Waals surface area contributed by atoms with E-state index in [4.69, 9.17) is 4.99 Å². The number of hydrogen-bond acceptors (Lipinski definition) is 4. The van der Waals surface area contributed by atoms with Gasteiger partial charge in [0, 0.05) is 43.7 Å². The van der Waals surface area contributed by atoms with E-state index in [1.807, 2.05) is 12.1 Å². The molecule has 2 N–H and O–H groups in total. The lowest BCUT2D eigenvalue weighted by Crippen LogP contribution is -2.51. The van der Waals surface area contributed by atoms with Crippen LogP contribution in [0.4, 0.5) is 4.39 Å². The highest BCUT2D eigenvalue weighted by Crippen LogP contribution is 2.18. The van der Waals surface area contributed by atoms with Crippen molar-refractivity contribution < 1.29 is 4.39 Å². The van der Waals surface area contributed by atoms with Crippen LogP contribution < -0.4 is 10.6 Å². The summed E-state index contributed by atoms with van der Waals surface area (Å²) in [5.41, 5.74) is 0. The topological polar surface area (TPSA) is 42.9 Å². The molecule has 7 heteroatoms. The Bertz CT molecular complexity index is 551. The minimum Gasteiger partial charge on any atom is -0.357 e. The molecule has 5 nitrogen and oxygen atoms in total. The summed E-state index contributed by atoms with van der Waals surface area (Å²) in [4.78, 5) is 10.6. The van der Waals surface area contributed by atoms with Gasteiger partial charge >= 0.3 is 0 Å². The SMILES string of the molecule is CCNC(=NCC1CN(C)CCN1C)NCCCSc1ccc(F)cc1. The first kappa shape index (κ1) is 21.0. The summed E-state index contributed by atoms with van der Waals surface area (Å²) in [6.45, 7) is 7.91. The molecular weight excluding hydrogens is 349 g/mol. The summed E-state index contributed by atoms with van der Waals surface area (Å²) in [6, 6.07) is 7.15. The van der Waals surface area contributed by atoms with Crippen LogP contribution in [0.2, 0.25) is 0 Å². The van der Waals surface area contributed by atoms with Gasteiger partial charge in [-0.25, -0.2) is 4.39 Å². The van der Waals surface area contributed by atoms with E-state index in [2.05, 4.69) is 41.5 Å². The van der Waals surface area contributed by atoms with Crippen LogP contribution in [0, 0.1) is 5.82 Å². The Morgan fingerprint density at radius 2 is 2.00 bits per heavy atom. The van der Waals surface area contributed by atoms with Gasteiger partial charge in [0.1, 0.15) is 5.82 Å². The maximum atomic E-state index is 12.9. The molecule has 1 aromatic rings. The lowest BCUT2D eigenvalue weighted by atomic mass is 10.2. The van der Waals surface area contributed by atoms with Crippen LogP contribution in [0.5, 0.6) is 0 Å². The van der Waals surface area contributed by atoms with E-state index < -0.39 is 0 Å². The maximum absolute atomic E-state index is 12.9. The molecule has 0 saturated carbocycles. The number of piperazine rings is 1. The molecule has 0 aromatic heterocycles.